The Balaban J connectivity index is 2.30. The number of nitrogens with one attached hydrogen (secondary N) is 3. The van der Waals surface area contributed by atoms with Gasteiger partial charge in [-0.05, 0) is 0 Å². The number of ether oxygens (including phenoxy) is 1. The van der Waals surface area contributed by atoms with Crippen molar-refractivity contribution in [3.05, 3.63) is 29.8 Å². The van der Waals surface area contributed by atoms with Crippen molar-refractivity contribution in [2.24, 2.45) is 5.11 Å². The van der Waals surface area contributed by atoms with Crippen molar-refractivity contribution in [1.82, 2.24) is 13.8 Å². The standard InChI is InChI=1S/C15H22IN5O3S2/c1-3-16-20-15(23)24-10-12-4-6-13(7-5-12)26-25-11(2)8-18-14(22)9-19-21-17/h4-7,11,16-17H,3,8-10H2,1-2H3,(H-,18,20,22,23)/p+1/i16D. The molecule has 1 atom stereocenters. The minimum absolute atomic E-state index is 0.126. The normalized spacial score (nSPS) is 12.2. The second-order valence-electron chi connectivity index (χ2n) is 4.91. The van der Waals surface area contributed by atoms with E-state index >= 15 is 0 Å². The first kappa shape index (κ1) is 21.0. The summed E-state index contributed by atoms with van der Waals surface area (Å²) >= 11 is -2.10. The summed E-state index contributed by atoms with van der Waals surface area (Å²) in [6, 6.07) is 7.68. The van der Waals surface area contributed by atoms with Gasteiger partial charge >= 0.3 is 134 Å². The zero-order valence-electron chi connectivity index (χ0n) is 15.5. The van der Waals surface area contributed by atoms with Crippen LogP contribution in [0.4, 0.5) is 4.79 Å². The topological polar surface area (TPSA) is 118 Å². The number of carbonyl (C=O) groups excluding carboxylic acids is 2. The van der Waals surface area contributed by atoms with Crippen molar-refractivity contribution < 1.29 is 14.3 Å². The van der Waals surface area contributed by atoms with Gasteiger partial charge in [0, 0.05) is 0 Å². The Labute approximate surface area is 171 Å². The van der Waals surface area contributed by atoms with Gasteiger partial charge in [0.25, 0.3) is 0 Å². The van der Waals surface area contributed by atoms with Gasteiger partial charge in [-0.2, -0.15) is 0 Å². The zero-order valence-corrected chi connectivity index (χ0v) is 18.3. The summed E-state index contributed by atoms with van der Waals surface area (Å²) in [6.45, 7) is 4.44. The maximum absolute atomic E-state index is 11.5. The molecule has 0 aliphatic heterocycles. The summed E-state index contributed by atoms with van der Waals surface area (Å²) in [5.41, 5.74) is 7.39. The van der Waals surface area contributed by atoms with E-state index in [-0.39, 0.29) is 24.3 Å². The van der Waals surface area contributed by atoms with E-state index in [0.717, 1.165) is 10.5 Å². The Kier molecular flexibility index (Phi) is 11.2. The molecule has 11 heteroatoms. The molecule has 0 heterocycles. The Morgan fingerprint density at radius 2 is 2.19 bits per heavy atom. The molecule has 2 amide bonds. The van der Waals surface area contributed by atoms with Gasteiger partial charge < -0.3 is 5.32 Å². The fourth-order valence-corrected chi connectivity index (χ4v) is 4.41. The molecule has 26 heavy (non-hydrogen) atoms. The summed E-state index contributed by atoms with van der Waals surface area (Å²) < 4.78 is 16.0. The molecule has 0 bridgehead atoms. The van der Waals surface area contributed by atoms with Crippen molar-refractivity contribution in [2.45, 2.75) is 30.6 Å². The first-order valence-electron chi connectivity index (χ1n) is 8.16. The fraction of sp³-hybridized carbons (Fsp3) is 0.467. The summed E-state index contributed by atoms with van der Waals surface area (Å²) in [5.74, 6) is -0.254. The van der Waals surface area contributed by atoms with E-state index in [0.29, 0.717) is 11.0 Å². The summed E-state index contributed by atoms with van der Waals surface area (Å²) in [6.07, 6.45) is -0.522. The number of halogens is 1. The van der Waals surface area contributed by atoms with Gasteiger partial charge in [0.2, 0.25) is 17.4 Å². The van der Waals surface area contributed by atoms with Crippen LogP contribution in [0.15, 0.2) is 34.3 Å². The van der Waals surface area contributed by atoms with E-state index in [2.05, 4.69) is 18.9 Å². The number of amides is 2. The van der Waals surface area contributed by atoms with E-state index < -0.39 is 27.4 Å². The molecule has 3 N–H and O–H groups in total. The van der Waals surface area contributed by atoms with E-state index in [1.54, 1.807) is 21.6 Å². The van der Waals surface area contributed by atoms with Crippen LogP contribution >= 0.6 is 42.9 Å². The molecule has 0 aliphatic carbocycles. The van der Waals surface area contributed by atoms with Crippen molar-refractivity contribution in [2.75, 3.05) is 17.5 Å². The molecule has 1 rings (SSSR count). The second-order valence-corrected chi connectivity index (χ2v) is 10.4. The van der Waals surface area contributed by atoms with Crippen molar-refractivity contribution in [3.8, 4) is 0 Å². The SMILES string of the molecule is [2H]I(CC)NC(=O)OCc1ccc(SSC(C)CNC(=O)CN=[N+]=N)cc1. The average molecular weight is 513 g/mol. The van der Waals surface area contributed by atoms with Crippen molar-refractivity contribution in [1.29, 1.82) is 6.12 Å². The zero-order chi connectivity index (χ0) is 20.1. The molecule has 0 spiro atoms. The van der Waals surface area contributed by atoms with Gasteiger partial charge in [0.1, 0.15) is 10.6 Å². The average Bonchev–Trinajstić information content (AvgIpc) is 2.68. The molecule has 0 fully saturated rings. The molecule has 1 aromatic carbocycles. The number of benzene rings is 1. The van der Waals surface area contributed by atoms with Gasteiger partial charge in [-0.1, -0.05) is 0 Å². The first-order chi connectivity index (χ1) is 12.9. The van der Waals surface area contributed by atoms with Crippen LogP contribution in [0.3, 0.4) is 0 Å². The third-order valence-electron chi connectivity index (χ3n) is 2.75. The molecule has 1 unspecified atom stereocenters. The molecule has 1 aromatic rings. The summed E-state index contributed by atoms with van der Waals surface area (Å²) in [7, 11) is 3.23. The minimum atomic E-state index is -2.10. The predicted octanol–water partition coefficient (Wildman–Crippen LogP) is 3.35. The maximum atomic E-state index is 11.5. The number of nitrogens with zero attached hydrogens (tertiary/aromatic N) is 2. The molecule has 0 aliphatic rings. The van der Waals surface area contributed by atoms with Gasteiger partial charge in [-0.15, -0.1) is 0 Å². The Morgan fingerprint density at radius 3 is 2.85 bits per heavy atom. The third kappa shape index (κ3) is 10.6. The molecular weight excluding hydrogens is 489 g/mol. The van der Waals surface area contributed by atoms with Crippen LogP contribution in [0.2, 0.25) is 0 Å². The number of hydrogen-bond donors (Lipinski definition) is 3. The summed E-state index contributed by atoms with van der Waals surface area (Å²) in [4.78, 5) is 26.8. The van der Waals surface area contributed by atoms with Gasteiger partial charge in [0.05, 0.1) is 0 Å². The van der Waals surface area contributed by atoms with Gasteiger partial charge in [0.15, 0.2) is 0 Å². The van der Waals surface area contributed by atoms with E-state index in [1.165, 1.54) is 0 Å². The monoisotopic (exact) mass is 513 g/mol. The number of hydrogen-bond acceptors (Lipinski definition) is 7. The van der Waals surface area contributed by atoms with E-state index in [9.17, 15) is 9.59 Å². The molecule has 0 aromatic heterocycles. The van der Waals surface area contributed by atoms with Gasteiger partial charge in [-0.25, -0.2) is 0 Å². The van der Waals surface area contributed by atoms with Crippen molar-refractivity contribution >= 4 is 54.9 Å². The van der Waals surface area contributed by atoms with E-state index in [1.807, 2.05) is 38.1 Å². The molecule has 0 radical (unpaired) electrons. The molecule has 144 valence electrons. The van der Waals surface area contributed by atoms with Crippen LogP contribution in [-0.2, 0) is 16.1 Å². The Morgan fingerprint density at radius 1 is 1.46 bits per heavy atom. The predicted molar refractivity (Wildman–Crippen MR) is 114 cm³/mol. The number of rotatable bonds is 11. The van der Waals surface area contributed by atoms with Crippen LogP contribution in [0, 0.1) is 5.53 Å². The molecule has 8 nitrogen and oxygen atoms in total. The quantitative estimate of drug-likeness (QED) is 0.105. The Bertz CT molecular complexity index is 661. The van der Waals surface area contributed by atoms with Crippen LogP contribution in [-0.4, -0.2) is 35.4 Å². The van der Waals surface area contributed by atoms with E-state index in [4.69, 9.17) is 10.9 Å². The van der Waals surface area contributed by atoms with Crippen LogP contribution < -0.4 is 13.8 Å². The Hall–Kier alpha value is -1.30. The van der Waals surface area contributed by atoms with Crippen molar-refractivity contribution in [3.63, 3.8) is 0 Å². The first-order valence-corrected chi connectivity index (χ1v) is 12.6. The van der Waals surface area contributed by atoms with Crippen LogP contribution in [0.25, 0.3) is 0 Å². The molecular formula is C15H23IN5O3S2+. The third-order valence-corrected chi connectivity index (χ3v) is 7.24. The van der Waals surface area contributed by atoms with Crippen LogP contribution in [0.1, 0.15) is 19.4 Å². The molecule has 0 saturated heterocycles. The number of carbonyl (C=O) groups is 2. The second kappa shape index (κ2) is 13.8. The number of alkyl halides is 1. The molecule has 0 saturated carbocycles. The van der Waals surface area contributed by atoms with Crippen LogP contribution in [0.5, 0.6) is 0 Å². The fourth-order valence-electron chi connectivity index (χ4n) is 1.52. The van der Waals surface area contributed by atoms with Gasteiger partial charge in [-0.3, -0.25) is 4.79 Å². The summed E-state index contributed by atoms with van der Waals surface area (Å²) in [5, 5.41) is 6.25.